The predicted molar refractivity (Wildman–Crippen MR) is 84.6 cm³/mol. The van der Waals surface area contributed by atoms with Crippen LogP contribution in [0.25, 0.3) is 0 Å². The number of aromatic nitrogens is 1. The monoisotopic (exact) mass is 323 g/mol. The number of nitrogens with zero attached hydrogens (tertiary/aromatic N) is 3. The highest BCUT2D eigenvalue weighted by molar-refractivity contribution is 6.29. The molecule has 2 aliphatic heterocycles. The summed E-state index contributed by atoms with van der Waals surface area (Å²) in [6, 6.07) is 3.82. The lowest BCUT2D eigenvalue weighted by molar-refractivity contribution is -0.141. The molecule has 1 aromatic heterocycles. The van der Waals surface area contributed by atoms with Gasteiger partial charge in [0.25, 0.3) is 0 Å². The zero-order valence-electron chi connectivity index (χ0n) is 12.7. The Morgan fingerprint density at radius 2 is 2.14 bits per heavy atom. The second-order valence-corrected chi connectivity index (χ2v) is 6.39. The van der Waals surface area contributed by atoms with Crippen molar-refractivity contribution in [2.45, 2.75) is 19.4 Å². The van der Waals surface area contributed by atoms with Crippen LogP contribution in [0.15, 0.2) is 18.3 Å². The summed E-state index contributed by atoms with van der Waals surface area (Å²) in [5, 5.41) is 0.516. The molecule has 0 radical (unpaired) electrons. The third-order valence-electron chi connectivity index (χ3n) is 4.37. The number of pyridine rings is 1. The third-order valence-corrected chi connectivity index (χ3v) is 4.60. The first-order valence-corrected chi connectivity index (χ1v) is 8.29. The van der Waals surface area contributed by atoms with E-state index in [9.17, 15) is 4.79 Å². The molecule has 0 bridgehead atoms. The van der Waals surface area contributed by atoms with Crippen molar-refractivity contribution in [3.8, 4) is 0 Å². The second kappa shape index (κ2) is 7.40. The van der Waals surface area contributed by atoms with E-state index in [1.807, 2.05) is 23.2 Å². The minimum absolute atomic E-state index is 0.118. The quantitative estimate of drug-likeness (QED) is 0.796. The SMILES string of the molecule is O=C(C1CCCN(Cc2ccc(Cl)nc2)C1)N1CCOCC1. The number of carbonyl (C=O) groups excluding carboxylic acids is 1. The summed E-state index contributed by atoms with van der Waals surface area (Å²) < 4.78 is 5.32. The van der Waals surface area contributed by atoms with Crippen molar-refractivity contribution in [1.29, 1.82) is 0 Å². The van der Waals surface area contributed by atoms with Crippen LogP contribution in [0.2, 0.25) is 5.15 Å². The molecule has 2 aliphatic rings. The molecule has 22 heavy (non-hydrogen) atoms. The summed E-state index contributed by atoms with van der Waals surface area (Å²) in [6.07, 6.45) is 3.88. The topological polar surface area (TPSA) is 45.7 Å². The lowest BCUT2D eigenvalue weighted by Gasteiger charge is -2.36. The van der Waals surface area contributed by atoms with Crippen molar-refractivity contribution < 1.29 is 9.53 Å². The molecule has 6 heteroatoms. The minimum Gasteiger partial charge on any atom is -0.378 e. The van der Waals surface area contributed by atoms with Crippen molar-refractivity contribution >= 4 is 17.5 Å². The van der Waals surface area contributed by atoms with Crippen LogP contribution in [-0.2, 0) is 16.1 Å². The van der Waals surface area contributed by atoms with E-state index < -0.39 is 0 Å². The van der Waals surface area contributed by atoms with Gasteiger partial charge in [0.05, 0.1) is 19.1 Å². The minimum atomic E-state index is 0.118. The van der Waals surface area contributed by atoms with E-state index >= 15 is 0 Å². The fraction of sp³-hybridized carbons (Fsp3) is 0.625. The maximum absolute atomic E-state index is 12.6. The van der Waals surface area contributed by atoms with Crippen molar-refractivity contribution in [2.75, 3.05) is 39.4 Å². The molecule has 1 aromatic rings. The van der Waals surface area contributed by atoms with Gasteiger partial charge in [-0.2, -0.15) is 0 Å². The molecule has 2 saturated heterocycles. The highest BCUT2D eigenvalue weighted by Crippen LogP contribution is 2.21. The summed E-state index contributed by atoms with van der Waals surface area (Å²) in [5.41, 5.74) is 1.14. The van der Waals surface area contributed by atoms with Crippen LogP contribution in [0.1, 0.15) is 18.4 Å². The Balaban J connectivity index is 1.56. The summed E-state index contributed by atoms with van der Waals surface area (Å²) in [6.45, 7) is 5.50. The van der Waals surface area contributed by atoms with Crippen LogP contribution in [0.4, 0.5) is 0 Å². The van der Waals surface area contributed by atoms with Crippen molar-refractivity contribution in [3.05, 3.63) is 29.0 Å². The van der Waals surface area contributed by atoms with Gasteiger partial charge in [-0.05, 0) is 31.0 Å². The van der Waals surface area contributed by atoms with Gasteiger partial charge in [-0.1, -0.05) is 17.7 Å². The number of hydrogen-bond acceptors (Lipinski definition) is 4. The number of morpholine rings is 1. The van der Waals surface area contributed by atoms with Gasteiger partial charge in [0.2, 0.25) is 5.91 Å². The standard InChI is InChI=1S/C16H22ClN3O2/c17-15-4-3-13(10-18-15)11-19-5-1-2-14(12-19)16(21)20-6-8-22-9-7-20/h3-4,10,14H,1-2,5-9,11-12H2. The lowest BCUT2D eigenvalue weighted by Crippen LogP contribution is -2.48. The first-order chi connectivity index (χ1) is 10.7. The number of rotatable bonds is 3. The van der Waals surface area contributed by atoms with Gasteiger partial charge in [0, 0.05) is 32.4 Å². The largest absolute Gasteiger partial charge is 0.378 e. The molecule has 0 aliphatic carbocycles. The summed E-state index contributed by atoms with van der Waals surface area (Å²) in [4.78, 5) is 21.0. The molecule has 2 fully saturated rings. The Morgan fingerprint density at radius 3 is 2.86 bits per heavy atom. The molecule has 3 heterocycles. The van der Waals surface area contributed by atoms with E-state index in [0.29, 0.717) is 24.3 Å². The highest BCUT2D eigenvalue weighted by atomic mass is 35.5. The summed E-state index contributed by atoms with van der Waals surface area (Å²) >= 11 is 5.82. The lowest BCUT2D eigenvalue weighted by atomic mass is 9.96. The summed E-state index contributed by atoms with van der Waals surface area (Å²) in [7, 11) is 0. The molecular weight excluding hydrogens is 302 g/mol. The van der Waals surface area contributed by atoms with Gasteiger partial charge in [-0.3, -0.25) is 9.69 Å². The van der Waals surface area contributed by atoms with Crippen molar-refractivity contribution in [1.82, 2.24) is 14.8 Å². The Morgan fingerprint density at radius 1 is 1.32 bits per heavy atom. The maximum Gasteiger partial charge on any atom is 0.227 e. The molecule has 120 valence electrons. The van der Waals surface area contributed by atoms with Gasteiger partial charge in [-0.25, -0.2) is 4.98 Å². The van der Waals surface area contributed by atoms with E-state index in [2.05, 4.69) is 9.88 Å². The van der Waals surface area contributed by atoms with Crippen LogP contribution in [0.5, 0.6) is 0 Å². The normalized spacial score (nSPS) is 23.5. The number of hydrogen-bond donors (Lipinski definition) is 0. The number of carbonyl (C=O) groups is 1. The molecule has 1 unspecified atom stereocenters. The number of halogens is 1. The highest BCUT2D eigenvalue weighted by Gasteiger charge is 2.29. The third kappa shape index (κ3) is 3.97. The Kier molecular flexibility index (Phi) is 5.28. The Labute approximate surface area is 136 Å². The molecule has 1 atom stereocenters. The first-order valence-electron chi connectivity index (χ1n) is 7.92. The van der Waals surface area contributed by atoms with Gasteiger partial charge in [0.1, 0.15) is 5.15 Å². The second-order valence-electron chi connectivity index (χ2n) is 6.00. The molecule has 3 rings (SSSR count). The van der Waals surface area contributed by atoms with Crippen LogP contribution in [-0.4, -0.2) is 60.1 Å². The zero-order chi connectivity index (χ0) is 15.4. The van der Waals surface area contributed by atoms with E-state index in [1.54, 1.807) is 0 Å². The van der Waals surface area contributed by atoms with E-state index in [-0.39, 0.29) is 5.92 Å². The van der Waals surface area contributed by atoms with Gasteiger partial charge in [0.15, 0.2) is 0 Å². The molecule has 0 N–H and O–H groups in total. The first kappa shape index (κ1) is 15.7. The van der Waals surface area contributed by atoms with Crippen LogP contribution < -0.4 is 0 Å². The average Bonchev–Trinajstić information content (AvgIpc) is 2.57. The van der Waals surface area contributed by atoms with E-state index in [4.69, 9.17) is 16.3 Å². The number of likely N-dealkylation sites (tertiary alicyclic amines) is 1. The fourth-order valence-electron chi connectivity index (χ4n) is 3.20. The number of ether oxygens (including phenoxy) is 1. The summed E-state index contributed by atoms with van der Waals surface area (Å²) in [5.74, 6) is 0.411. The molecular formula is C16H22ClN3O2. The van der Waals surface area contributed by atoms with Crippen LogP contribution in [0, 0.1) is 5.92 Å². The predicted octanol–water partition coefficient (Wildman–Crippen LogP) is 1.81. The fourth-order valence-corrected chi connectivity index (χ4v) is 3.31. The maximum atomic E-state index is 12.6. The van der Waals surface area contributed by atoms with Gasteiger partial charge < -0.3 is 9.64 Å². The van der Waals surface area contributed by atoms with Crippen LogP contribution >= 0.6 is 11.6 Å². The van der Waals surface area contributed by atoms with E-state index in [0.717, 1.165) is 51.1 Å². The average molecular weight is 324 g/mol. The van der Waals surface area contributed by atoms with Gasteiger partial charge in [-0.15, -0.1) is 0 Å². The Hall–Kier alpha value is -1.17. The molecule has 0 spiro atoms. The Bertz CT molecular complexity index is 503. The number of piperidine rings is 1. The molecule has 0 saturated carbocycles. The smallest absolute Gasteiger partial charge is 0.227 e. The molecule has 0 aromatic carbocycles. The molecule has 5 nitrogen and oxygen atoms in total. The van der Waals surface area contributed by atoms with Crippen molar-refractivity contribution in [2.24, 2.45) is 5.92 Å². The van der Waals surface area contributed by atoms with E-state index in [1.165, 1.54) is 0 Å². The number of amides is 1. The molecule has 1 amide bonds. The van der Waals surface area contributed by atoms with Gasteiger partial charge >= 0.3 is 0 Å². The zero-order valence-corrected chi connectivity index (χ0v) is 13.5. The van der Waals surface area contributed by atoms with Crippen molar-refractivity contribution in [3.63, 3.8) is 0 Å². The van der Waals surface area contributed by atoms with Crippen LogP contribution in [0.3, 0.4) is 0 Å².